The summed E-state index contributed by atoms with van der Waals surface area (Å²) in [6, 6.07) is 12.0. The van der Waals surface area contributed by atoms with Crippen molar-refractivity contribution in [3.05, 3.63) is 69.8 Å². The SMILES string of the molecule is Fc1ccc(NC=Cc2nnnn2-c2ccc(Br)cc2)cc1Cl. The van der Waals surface area contributed by atoms with Gasteiger partial charge in [0.2, 0.25) is 0 Å². The van der Waals surface area contributed by atoms with Gasteiger partial charge in [0.25, 0.3) is 0 Å². The number of rotatable bonds is 4. The van der Waals surface area contributed by atoms with Gasteiger partial charge in [-0.1, -0.05) is 27.5 Å². The number of hydrogen-bond acceptors (Lipinski definition) is 4. The minimum absolute atomic E-state index is 0.0584. The van der Waals surface area contributed by atoms with Crippen LogP contribution in [0.2, 0.25) is 5.02 Å². The first-order valence-electron chi connectivity index (χ1n) is 6.56. The second kappa shape index (κ2) is 6.89. The van der Waals surface area contributed by atoms with Crippen molar-refractivity contribution in [2.45, 2.75) is 0 Å². The third-order valence-corrected chi connectivity index (χ3v) is 3.79. The van der Waals surface area contributed by atoms with Gasteiger partial charge in [-0.15, -0.1) is 5.10 Å². The molecule has 0 saturated heterocycles. The van der Waals surface area contributed by atoms with Gasteiger partial charge in [-0.2, -0.15) is 4.68 Å². The Kier molecular flexibility index (Phi) is 4.68. The molecule has 2 aromatic carbocycles. The second-order valence-electron chi connectivity index (χ2n) is 4.53. The van der Waals surface area contributed by atoms with E-state index in [1.807, 2.05) is 24.3 Å². The van der Waals surface area contributed by atoms with Crippen LogP contribution in [0.15, 0.2) is 53.1 Å². The lowest BCUT2D eigenvalue weighted by molar-refractivity contribution is 0.628. The molecule has 3 aromatic rings. The van der Waals surface area contributed by atoms with Crippen LogP contribution in [0.3, 0.4) is 0 Å². The predicted molar refractivity (Wildman–Crippen MR) is 90.9 cm³/mol. The highest BCUT2D eigenvalue weighted by Crippen LogP contribution is 2.19. The van der Waals surface area contributed by atoms with Crippen LogP contribution >= 0.6 is 27.5 Å². The predicted octanol–water partition coefficient (Wildman–Crippen LogP) is 4.30. The van der Waals surface area contributed by atoms with Gasteiger partial charge in [0.15, 0.2) is 5.82 Å². The fourth-order valence-electron chi connectivity index (χ4n) is 1.86. The summed E-state index contributed by atoms with van der Waals surface area (Å²) in [7, 11) is 0. The third kappa shape index (κ3) is 3.75. The van der Waals surface area contributed by atoms with Crippen LogP contribution in [-0.2, 0) is 0 Å². The van der Waals surface area contributed by atoms with E-state index in [0.29, 0.717) is 11.5 Å². The fourth-order valence-corrected chi connectivity index (χ4v) is 2.31. The summed E-state index contributed by atoms with van der Waals surface area (Å²) in [6.45, 7) is 0. The summed E-state index contributed by atoms with van der Waals surface area (Å²) in [5, 5.41) is 14.6. The lowest BCUT2D eigenvalue weighted by Crippen LogP contribution is -1.99. The molecule has 0 aliphatic carbocycles. The van der Waals surface area contributed by atoms with E-state index in [0.717, 1.165) is 10.2 Å². The molecule has 116 valence electrons. The van der Waals surface area contributed by atoms with Crippen molar-refractivity contribution >= 4 is 39.3 Å². The number of anilines is 1. The average molecular weight is 395 g/mol. The minimum atomic E-state index is -0.458. The molecule has 1 aromatic heterocycles. The molecule has 3 rings (SSSR count). The van der Waals surface area contributed by atoms with Crippen molar-refractivity contribution in [1.29, 1.82) is 0 Å². The van der Waals surface area contributed by atoms with Crippen molar-refractivity contribution in [2.24, 2.45) is 0 Å². The summed E-state index contributed by atoms with van der Waals surface area (Å²) >= 11 is 9.11. The highest BCUT2D eigenvalue weighted by atomic mass is 79.9. The van der Waals surface area contributed by atoms with Crippen LogP contribution in [0.5, 0.6) is 0 Å². The van der Waals surface area contributed by atoms with Crippen molar-refractivity contribution in [2.75, 3.05) is 5.32 Å². The van der Waals surface area contributed by atoms with Gasteiger partial charge in [-0.3, -0.25) is 0 Å². The number of benzene rings is 2. The van der Waals surface area contributed by atoms with Gasteiger partial charge >= 0.3 is 0 Å². The van der Waals surface area contributed by atoms with E-state index in [-0.39, 0.29) is 5.02 Å². The van der Waals surface area contributed by atoms with E-state index >= 15 is 0 Å². The Morgan fingerprint density at radius 1 is 1.17 bits per heavy atom. The largest absolute Gasteiger partial charge is 0.362 e. The first-order chi connectivity index (χ1) is 11.1. The van der Waals surface area contributed by atoms with E-state index in [1.165, 1.54) is 12.1 Å². The molecule has 0 radical (unpaired) electrons. The molecular weight excluding hydrogens is 385 g/mol. The standard InChI is InChI=1S/C15H10BrClFN5/c16-10-1-4-12(5-2-10)23-15(20-21-22-23)7-8-19-11-3-6-14(18)13(17)9-11/h1-9,19H. The molecule has 23 heavy (non-hydrogen) atoms. The Bertz CT molecular complexity index is 847. The Labute approximate surface area is 144 Å². The zero-order valence-electron chi connectivity index (χ0n) is 11.6. The second-order valence-corrected chi connectivity index (χ2v) is 5.85. The number of halogens is 3. The zero-order valence-corrected chi connectivity index (χ0v) is 14.0. The van der Waals surface area contributed by atoms with Crippen molar-refractivity contribution in [3.63, 3.8) is 0 Å². The van der Waals surface area contributed by atoms with Gasteiger partial charge in [-0.05, 0) is 52.9 Å². The number of tetrazole rings is 1. The molecule has 0 saturated carbocycles. The first-order valence-corrected chi connectivity index (χ1v) is 7.73. The summed E-state index contributed by atoms with van der Waals surface area (Å²) in [5.74, 6) is 0.0911. The van der Waals surface area contributed by atoms with Crippen LogP contribution in [0.25, 0.3) is 11.8 Å². The summed E-state index contributed by atoms with van der Waals surface area (Å²) < 4.78 is 15.7. The van der Waals surface area contributed by atoms with E-state index in [9.17, 15) is 4.39 Å². The molecule has 8 heteroatoms. The van der Waals surface area contributed by atoms with Gasteiger partial charge < -0.3 is 5.32 Å². The molecule has 0 aliphatic rings. The molecule has 0 bridgehead atoms. The lowest BCUT2D eigenvalue weighted by Gasteiger charge is -2.03. The molecule has 0 aliphatic heterocycles. The number of hydrogen-bond donors (Lipinski definition) is 1. The number of nitrogens with one attached hydrogen (secondary N) is 1. The normalized spacial score (nSPS) is 11.1. The van der Waals surface area contributed by atoms with Crippen molar-refractivity contribution in [3.8, 4) is 5.69 Å². The molecule has 0 unspecified atom stereocenters. The maximum atomic E-state index is 13.1. The van der Waals surface area contributed by atoms with E-state index in [1.54, 1.807) is 23.0 Å². The quantitative estimate of drug-likeness (QED) is 0.717. The molecule has 0 fully saturated rings. The number of nitrogens with zero attached hydrogens (tertiary/aromatic N) is 4. The van der Waals surface area contributed by atoms with E-state index in [2.05, 4.69) is 36.8 Å². The maximum absolute atomic E-state index is 13.1. The Hall–Kier alpha value is -2.25. The number of aromatic nitrogens is 4. The van der Waals surface area contributed by atoms with Crippen molar-refractivity contribution in [1.82, 2.24) is 20.2 Å². The molecule has 0 atom stereocenters. The molecule has 1 N–H and O–H groups in total. The Balaban J connectivity index is 1.77. The first kappa shape index (κ1) is 15.6. The average Bonchev–Trinajstić information content (AvgIpc) is 3.00. The van der Waals surface area contributed by atoms with E-state index < -0.39 is 5.82 Å². The minimum Gasteiger partial charge on any atom is -0.362 e. The Morgan fingerprint density at radius 3 is 2.70 bits per heavy atom. The molecule has 0 amide bonds. The molecule has 0 spiro atoms. The van der Waals surface area contributed by atoms with Crippen molar-refractivity contribution < 1.29 is 4.39 Å². The maximum Gasteiger partial charge on any atom is 0.181 e. The Morgan fingerprint density at radius 2 is 1.96 bits per heavy atom. The summed E-state index contributed by atoms with van der Waals surface area (Å²) in [4.78, 5) is 0. The van der Waals surface area contributed by atoms with Crippen LogP contribution in [-0.4, -0.2) is 20.2 Å². The van der Waals surface area contributed by atoms with Gasteiger partial charge in [-0.25, -0.2) is 4.39 Å². The van der Waals surface area contributed by atoms with Crippen LogP contribution in [0, 0.1) is 5.82 Å². The smallest absolute Gasteiger partial charge is 0.181 e. The third-order valence-electron chi connectivity index (χ3n) is 2.97. The fraction of sp³-hybridized carbons (Fsp3) is 0. The monoisotopic (exact) mass is 393 g/mol. The topological polar surface area (TPSA) is 55.6 Å². The van der Waals surface area contributed by atoms with Gasteiger partial charge in [0.05, 0.1) is 10.7 Å². The summed E-state index contributed by atoms with van der Waals surface area (Å²) in [6.07, 6.45) is 3.37. The van der Waals surface area contributed by atoms with Gasteiger partial charge in [0, 0.05) is 22.4 Å². The molecular formula is C15H10BrClFN5. The molecule has 5 nitrogen and oxygen atoms in total. The van der Waals surface area contributed by atoms with Gasteiger partial charge in [0.1, 0.15) is 5.82 Å². The van der Waals surface area contributed by atoms with Crippen LogP contribution < -0.4 is 5.32 Å². The zero-order chi connectivity index (χ0) is 16.2. The highest BCUT2D eigenvalue weighted by Gasteiger charge is 2.05. The van der Waals surface area contributed by atoms with Crippen LogP contribution in [0.1, 0.15) is 5.82 Å². The summed E-state index contributed by atoms with van der Waals surface area (Å²) in [5.41, 5.74) is 1.50. The van der Waals surface area contributed by atoms with Crippen LogP contribution in [0.4, 0.5) is 10.1 Å². The highest BCUT2D eigenvalue weighted by molar-refractivity contribution is 9.10. The van der Waals surface area contributed by atoms with E-state index in [4.69, 9.17) is 11.6 Å². The lowest BCUT2D eigenvalue weighted by atomic mass is 10.3. The molecule has 1 heterocycles.